The van der Waals surface area contributed by atoms with E-state index in [0.29, 0.717) is 52.7 Å². The van der Waals surface area contributed by atoms with Gasteiger partial charge in [-0.3, -0.25) is 4.79 Å². The van der Waals surface area contributed by atoms with Crippen molar-refractivity contribution in [1.29, 1.82) is 0 Å². The number of furan rings is 1. The molecule has 5 aromatic rings. The molecule has 0 bridgehead atoms. The van der Waals surface area contributed by atoms with E-state index in [1.54, 1.807) is 42.5 Å². The fourth-order valence-electron chi connectivity index (χ4n) is 4.76. The van der Waals surface area contributed by atoms with Crippen LogP contribution in [0.2, 0.25) is 5.02 Å². The van der Waals surface area contributed by atoms with Crippen LogP contribution in [-0.4, -0.2) is 27.5 Å². The Bertz CT molecular complexity index is 1800. The molecule has 1 aromatic heterocycles. The SMILES string of the molecule is CCCNS(=O)(=O)c1ccc(-c2ccccc2)c(N(Cc2cc(Cl)ccc2OCCC)C(=O)c2cc3ccccc3o2)c1. The lowest BCUT2D eigenvalue weighted by Gasteiger charge is -2.26. The number of carbonyl (C=O) groups is 1. The Kier molecular flexibility index (Phi) is 9.50. The fraction of sp³-hybridized carbons (Fsp3) is 0.206. The number of carbonyl (C=O) groups excluding carboxylic acids is 1. The molecule has 0 saturated carbocycles. The number of halogens is 1. The predicted molar refractivity (Wildman–Crippen MR) is 171 cm³/mol. The topological polar surface area (TPSA) is 88.9 Å². The van der Waals surface area contributed by atoms with Crippen molar-refractivity contribution in [2.24, 2.45) is 0 Å². The van der Waals surface area contributed by atoms with Crippen molar-refractivity contribution in [3.05, 3.63) is 113 Å². The number of fused-ring (bicyclic) bond motifs is 1. The number of hydrogen-bond donors (Lipinski definition) is 1. The molecule has 0 aliphatic carbocycles. The van der Waals surface area contributed by atoms with Gasteiger partial charge in [0, 0.05) is 28.1 Å². The summed E-state index contributed by atoms with van der Waals surface area (Å²) in [6.45, 7) is 4.72. The highest BCUT2D eigenvalue weighted by molar-refractivity contribution is 7.89. The molecule has 5 rings (SSSR count). The van der Waals surface area contributed by atoms with Gasteiger partial charge >= 0.3 is 0 Å². The smallest absolute Gasteiger partial charge is 0.294 e. The maximum absolute atomic E-state index is 14.4. The average Bonchev–Trinajstić information content (AvgIpc) is 3.47. The number of anilines is 1. The zero-order chi connectivity index (χ0) is 30.4. The minimum Gasteiger partial charge on any atom is -0.493 e. The number of sulfonamides is 1. The van der Waals surface area contributed by atoms with Crippen LogP contribution in [0.5, 0.6) is 5.75 Å². The summed E-state index contributed by atoms with van der Waals surface area (Å²) >= 11 is 6.43. The Morgan fingerprint density at radius 3 is 2.42 bits per heavy atom. The Balaban J connectivity index is 1.72. The number of ether oxygens (including phenoxy) is 1. The molecule has 1 amide bonds. The number of rotatable bonds is 12. The third kappa shape index (κ3) is 6.94. The zero-order valence-corrected chi connectivity index (χ0v) is 25.6. The summed E-state index contributed by atoms with van der Waals surface area (Å²) in [7, 11) is -3.85. The maximum atomic E-state index is 14.4. The van der Waals surface area contributed by atoms with E-state index in [1.807, 2.05) is 62.4 Å². The maximum Gasteiger partial charge on any atom is 0.294 e. The normalized spacial score (nSPS) is 11.5. The van der Waals surface area contributed by atoms with E-state index < -0.39 is 15.9 Å². The lowest BCUT2D eigenvalue weighted by Crippen LogP contribution is -2.31. The third-order valence-corrected chi connectivity index (χ3v) is 8.59. The van der Waals surface area contributed by atoms with Crippen LogP contribution in [0.25, 0.3) is 22.1 Å². The second kappa shape index (κ2) is 13.5. The highest BCUT2D eigenvalue weighted by Gasteiger charge is 2.27. The van der Waals surface area contributed by atoms with Crippen LogP contribution < -0.4 is 14.4 Å². The van der Waals surface area contributed by atoms with Gasteiger partial charge in [-0.05, 0) is 60.9 Å². The van der Waals surface area contributed by atoms with E-state index in [1.165, 1.54) is 11.0 Å². The van der Waals surface area contributed by atoms with Gasteiger partial charge in [0.25, 0.3) is 5.91 Å². The van der Waals surface area contributed by atoms with Gasteiger partial charge in [0.05, 0.1) is 23.7 Å². The van der Waals surface area contributed by atoms with Gasteiger partial charge in [-0.1, -0.05) is 80.0 Å². The molecule has 0 fully saturated rings. The highest BCUT2D eigenvalue weighted by Crippen LogP contribution is 2.37. The van der Waals surface area contributed by atoms with Crippen LogP contribution in [0.1, 0.15) is 42.8 Å². The monoisotopic (exact) mass is 616 g/mol. The predicted octanol–water partition coefficient (Wildman–Crippen LogP) is 8.08. The van der Waals surface area contributed by atoms with Crippen molar-refractivity contribution in [1.82, 2.24) is 4.72 Å². The molecule has 222 valence electrons. The van der Waals surface area contributed by atoms with Crippen LogP contribution in [0.15, 0.2) is 106 Å². The minimum atomic E-state index is -3.85. The molecule has 43 heavy (non-hydrogen) atoms. The van der Waals surface area contributed by atoms with E-state index in [2.05, 4.69) is 4.72 Å². The van der Waals surface area contributed by atoms with Crippen LogP contribution in [0, 0.1) is 0 Å². The molecule has 0 spiro atoms. The van der Waals surface area contributed by atoms with Crippen molar-refractivity contribution in [2.75, 3.05) is 18.1 Å². The number of amides is 1. The molecule has 0 unspecified atom stereocenters. The first-order valence-corrected chi connectivity index (χ1v) is 16.1. The summed E-state index contributed by atoms with van der Waals surface area (Å²) in [5, 5.41) is 1.27. The standard InChI is InChI=1S/C34H33ClN2O5S/c1-3-18-36-43(39,40)28-15-16-29(24-10-6-5-7-11-24)30(22-28)37(23-26-20-27(35)14-17-31(26)41-19-4-2)34(38)33-21-25-12-8-9-13-32(25)42-33/h5-17,20-22,36H,3-4,18-19,23H2,1-2H3. The Morgan fingerprint density at radius 2 is 1.67 bits per heavy atom. The van der Waals surface area contributed by atoms with Crippen molar-refractivity contribution in [3.63, 3.8) is 0 Å². The highest BCUT2D eigenvalue weighted by atomic mass is 35.5. The summed E-state index contributed by atoms with van der Waals surface area (Å²) in [4.78, 5) is 16.0. The van der Waals surface area contributed by atoms with E-state index in [-0.39, 0.29) is 17.2 Å². The molecular weight excluding hydrogens is 584 g/mol. The lowest BCUT2D eigenvalue weighted by molar-refractivity contribution is 0.0960. The minimum absolute atomic E-state index is 0.0429. The molecule has 0 saturated heterocycles. The molecule has 0 aliphatic heterocycles. The first-order valence-electron chi connectivity index (χ1n) is 14.2. The van der Waals surface area contributed by atoms with E-state index in [4.69, 9.17) is 20.8 Å². The average molecular weight is 617 g/mol. The molecule has 4 aromatic carbocycles. The summed E-state index contributed by atoms with van der Waals surface area (Å²) in [5.41, 5.74) is 3.14. The van der Waals surface area contributed by atoms with Gasteiger partial charge in [0.15, 0.2) is 5.76 Å². The van der Waals surface area contributed by atoms with Crippen molar-refractivity contribution in [2.45, 2.75) is 38.1 Å². The fourth-order valence-corrected chi connectivity index (χ4v) is 6.11. The van der Waals surface area contributed by atoms with Gasteiger partial charge in [0.1, 0.15) is 11.3 Å². The Hall–Kier alpha value is -4.11. The lowest BCUT2D eigenvalue weighted by atomic mass is 10.0. The van der Waals surface area contributed by atoms with E-state index >= 15 is 0 Å². The second-order valence-corrected chi connectivity index (χ2v) is 12.3. The second-order valence-electron chi connectivity index (χ2n) is 10.1. The summed E-state index contributed by atoms with van der Waals surface area (Å²) in [6.07, 6.45) is 1.44. The number of hydrogen-bond acceptors (Lipinski definition) is 5. The number of para-hydroxylation sites is 1. The van der Waals surface area contributed by atoms with Gasteiger partial charge in [0.2, 0.25) is 10.0 Å². The summed E-state index contributed by atoms with van der Waals surface area (Å²) < 4.78 is 41.2. The number of benzene rings is 4. The molecule has 7 nitrogen and oxygen atoms in total. The number of nitrogens with one attached hydrogen (secondary N) is 1. The van der Waals surface area contributed by atoms with Gasteiger partial charge in [-0.25, -0.2) is 13.1 Å². The molecular formula is C34H33ClN2O5S. The van der Waals surface area contributed by atoms with Crippen molar-refractivity contribution >= 4 is 44.2 Å². The van der Waals surface area contributed by atoms with Gasteiger partial charge < -0.3 is 14.1 Å². The third-order valence-electron chi connectivity index (χ3n) is 6.89. The molecule has 1 N–H and O–H groups in total. The number of nitrogens with zero attached hydrogens (tertiary/aromatic N) is 1. The first kappa shape index (κ1) is 30.4. The van der Waals surface area contributed by atoms with E-state index in [0.717, 1.165) is 17.4 Å². The van der Waals surface area contributed by atoms with Crippen molar-refractivity contribution in [3.8, 4) is 16.9 Å². The zero-order valence-electron chi connectivity index (χ0n) is 24.0. The van der Waals surface area contributed by atoms with Crippen LogP contribution >= 0.6 is 11.6 Å². The van der Waals surface area contributed by atoms with Crippen LogP contribution in [0.3, 0.4) is 0 Å². The quantitative estimate of drug-likeness (QED) is 0.153. The van der Waals surface area contributed by atoms with E-state index in [9.17, 15) is 13.2 Å². The van der Waals surface area contributed by atoms with Crippen molar-refractivity contribution < 1.29 is 22.4 Å². The van der Waals surface area contributed by atoms with Gasteiger partial charge in [-0.2, -0.15) is 0 Å². The van der Waals surface area contributed by atoms with Crippen LogP contribution in [0.4, 0.5) is 5.69 Å². The summed E-state index contributed by atoms with van der Waals surface area (Å²) in [5.74, 6) is 0.268. The largest absolute Gasteiger partial charge is 0.493 e. The van der Waals surface area contributed by atoms with Crippen LogP contribution in [-0.2, 0) is 16.6 Å². The molecule has 0 radical (unpaired) electrons. The molecule has 0 atom stereocenters. The van der Waals surface area contributed by atoms with Gasteiger partial charge in [-0.15, -0.1) is 0 Å². The molecule has 9 heteroatoms. The Labute approximate surface area is 257 Å². The Morgan fingerprint density at radius 1 is 0.907 bits per heavy atom. The molecule has 1 heterocycles. The summed E-state index contributed by atoms with van der Waals surface area (Å²) in [6, 6.07) is 28.7. The first-order chi connectivity index (χ1) is 20.8. The molecule has 0 aliphatic rings.